The number of hydrogen-bond acceptors (Lipinski definition) is 3. The zero-order chi connectivity index (χ0) is 14.9. The number of rotatable bonds is 7. The van der Waals surface area contributed by atoms with E-state index in [2.05, 4.69) is 40.5 Å². The second-order valence-electron chi connectivity index (χ2n) is 5.73. The van der Waals surface area contributed by atoms with E-state index in [9.17, 15) is 4.79 Å². The molecule has 116 valence electrons. The van der Waals surface area contributed by atoms with Crippen LogP contribution < -0.4 is 5.32 Å². The Balaban J connectivity index is 1.68. The average molecular weight is 306 g/mol. The molecular formula is C17H26N2OS. The van der Waals surface area contributed by atoms with Crippen LogP contribution in [0.2, 0.25) is 0 Å². The van der Waals surface area contributed by atoms with Gasteiger partial charge >= 0.3 is 0 Å². The van der Waals surface area contributed by atoms with E-state index in [-0.39, 0.29) is 5.91 Å². The first-order chi connectivity index (χ1) is 10.3. The summed E-state index contributed by atoms with van der Waals surface area (Å²) in [6.45, 7) is 3.31. The van der Waals surface area contributed by atoms with Crippen LogP contribution in [0.15, 0.2) is 30.3 Å². The van der Waals surface area contributed by atoms with Crippen molar-refractivity contribution in [2.75, 3.05) is 31.6 Å². The van der Waals surface area contributed by atoms with Gasteiger partial charge in [-0.15, -0.1) is 0 Å². The number of nitrogens with one attached hydrogen (secondary N) is 1. The topological polar surface area (TPSA) is 32.3 Å². The molecule has 1 N–H and O–H groups in total. The number of carbonyl (C=O) groups is 1. The Morgan fingerprint density at radius 1 is 1.38 bits per heavy atom. The van der Waals surface area contributed by atoms with E-state index >= 15 is 0 Å². The molecule has 1 heterocycles. The molecule has 1 aromatic carbocycles. The van der Waals surface area contributed by atoms with Crippen LogP contribution in [-0.4, -0.2) is 48.5 Å². The summed E-state index contributed by atoms with van der Waals surface area (Å²) in [7, 11) is 0. The summed E-state index contributed by atoms with van der Waals surface area (Å²) in [4.78, 5) is 14.2. The molecule has 4 heteroatoms. The molecule has 0 saturated carbocycles. The van der Waals surface area contributed by atoms with Crippen molar-refractivity contribution < 1.29 is 4.79 Å². The summed E-state index contributed by atoms with van der Waals surface area (Å²) in [6, 6.07) is 11.0. The molecule has 0 unspecified atom stereocenters. The van der Waals surface area contributed by atoms with Crippen molar-refractivity contribution in [3.8, 4) is 0 Å². The molecule has 0 radical (unpaired) electrons. The zero-order valence-electron chi connectivity index (χ0n) is 12.9. The highest BCUT2D eigenvalue weighted by molar-refractivity contribution is 7.99. The molecule has 1 aliphatic heterocycles. The van der Waals surface area contributed by atoms with Gasteiger partial charge in [-0.05, 0) is 50.6 Å². The largest absolute Gasteiger partial charge is 0.351 e. The summed E-state index contributed by atoms with van der Waals surface area (Å²) in [5.74, 6) is 0.753. The van der Waals surface area contributed by atoms with Crippen molar-refractivity contribution in [2.45, 2.75) is 31.7 Å². The van der Waals surface area contributed by atoms with Gasteiger partial charge in [0, 0.05) is 12.6 Å². The maximum Gasteiger partial charge on any atom is 0.230 e. The molecule has 1 aromatic rings. The second-order valence-corrected chi connectivity index (χ2v) is 6.60. The molecule has 1 aliphatic rings. The maximum absolute atomic E-state index is 11.7. The normalized spacial score (nSPS) is 19.4. The Bertz CT molecular complexity index is 424. The Kier molecular flexibility index (Phi) is 7.10. The van der Waals surface area contributed by atoms with Gasteiger partial charge in [0.2, 0.25) is 5.91 Å². The van der Waals surface area contributed by atoms with Crippen molar-refractivity contribution >= 4 is 17.7 Å². The average Bonchev–Trinajstić information content (AvgIpc) is 2.49. The lowest BCUT2D eigenvalue weighted by Gasteiger charge is -2.33. The summed E-state index contributed by atoms with van der Waals surface area (Å²) >= 11 is 1.58. The van der Waals surface area contributed by atoms with E-state index in [0.29, 0.717) is 11.8 Å². The van der Waals surface area contributed by atoms with Crippen LogP contribution in [0.3, 0.4) is 0 Å². The third-order valence-corrected chi connectivity index (χ3v) is 4.48. The van der Waals surface area contributed by atoms with E-state index in [1.807, 2.05) is 6.26 Å². The summed E-state index contributed by atoms with van der Waals surface area (Å²) in [6.07, 6.45) is 6.61. The van der Waals surface area contributed by atoms with Gasteiger partial charge in [-0.3, -0.25) is 4.79 Å². The van der Waals surface area contributed by atoms with Gasteiger partial charge in [0.25, 0.3) is 0 Å². The third kappa shape index (κ3) is 6.10. The van der Waals surface area contributed by atoms with Crippen molar-refractivity contribution in [3.05, 3.63) is 35.9 Å². The Morgan fingerprint density at radius 2 is 2.19 bits per heavy atom. The van der Waals surface area contributed by atoms with Crippen LogP contribution >= 0.6 is 11.8 Å². The van der Waals surface area contributed by atoms with E-state index in [0.717, 1.165) is 25.9 Å². The SMILES string of the molecule is CSCC(=O)N[C@@H]1CCCN(CCCc2ccccc2)C1. The van der Waals surface area contributed by atoms with Gasteiger partial charge in [-0.2, -0.15) is 11.8 Å². The number of amides is 1. The van der Waals surface area contributed by atoms with Gasteiger partial charge < -0.3 is 10.2 Å². The molecule has 1 atom stereocenters. The monoisotopic (exact) mass is 306 g/mol. The van der Waals surface area contributed by atoms with Crippen LogP contribution in [0, 0.1) is 0 Å². The van der Waals surface area contributed by atoms with Crippen LogP contribution in [0.4, 0.5) is 0 Å². The zero-order valence-corrected chi connectivity index (χ0v) is 13.7. The summed E-state index contributed by atoms with van der Waals surface area (Å²) in [5.41, 5.74) is 1.42. The van der Waals surface area contributed by atoms with E-state index in [1.54, 1.807) is 11.8 Å². The number of nitrogens with zero attached hydrogens (tertiary/aromatic N) is 1. The van der Waals surface area contributed by atoms with E-state index in [1.165, 1.54) is 24.9 Å². The van der Waals surface area contributed by atoms with Crippen LogP contribution in [0.5, 0.6) is 0 Å². The highest BCUT2D eigenvalue weighted by atomic mass is 32.2. The summed E-state index contributed by atoms with van der Waals surface area (Å²) in [5, 5.41) is 3.16. The molecule has 0 aromatic heterocycles. The number of piperidine rings is 1. The lowest BCUT2D eigenvalue weighted by atomic mass is 10.0. The van der Waals surface area contributed by atoms with Crippen LogP contribution in [-0.2, 0) is 11.2 Å². The lowest BCUT2D eigenvalue weighted by molar-refractivity contribution is -0.119. The predicted molar refractivity (Wildman–Crippen MR) is 90.7 cm³/mol. The van der Waals surface area contributed by atoms with E-state index in [4.69, 9.17) is 0 Å². The predicted octanol–water partition coefficient (Wildman–Crippen LogP) is 2.56. The molecule has 1 saturated heterocycles. The number of likely N-dealkylation sites (tertiary alicyclic amines) is 1. The first-order valence-electron chi connectivity index (χ1n) is 7.82. The molecule has 0 aliphatic carbocycles. The van der Waals surface area contributed by atoms with Crippen molar-refractivity contribution in [2.24, 2.45) is 0 Å². The highest BCUT2D eigenvalue weighted by Gasteiger charge is 2.20. The molecule has 0 spiro atoms. The fourth-order valence-corrected chi connectivity index (χ4v) is 3.27. The maximum atomic E-state index is 11.7. The highest BCUT2D eigenvalue weighted by Crippen LogP contribution is 2.12. The Labute approximate surface area is 132 Å². The quantitative estimate of drug-likeness (QED) is 0.840. The van der Waals surface area contributed by atoms with Crippen LogP contribution in [0.1, 0.15) is 24.8 Å². The smallest absolute Gasteiger partial charge is 0.230 e. The summed E-state index contributed by atoms with van der Waals surface area (Å²) < 4.78 is 0. The molecule has 1 amide bonds. The van der Waals surface area contributed by atoms with Gasteiger partial charge in [-0.1, -0.05) is 30.3 Å². The van der Waals surface area contributed by atoms with Crippen molar-refractivity contribution in [1.29, 1.82) is 0 Å². The lowest BCUT2D eigenvalue weighted by Crippen LogP contribution is -2.48. The van der Waals surface area contributed by atoms with Crippen molar-refractivity contribution in [3.63, 3.8) is 0 Å². The molecule has 3 nitrogen and oxygen atoms in total. The van der Waals surface area contributed by atoms with Gasteiger partial charge in [0.05, 0.1) is 5.75 Å². The minimum Gasteiger partial charge on any atom is -0.351 e. The Morgan fingerprint density at radius 3 is 2.95 bits per heavy atom. The molecule has 21 heavy (non-hydrogen) atoms. The van der Waals surface area contributed by atoms with Gasteiger partial charge in [-0.25, -0.2) is 0 Å². The number of hydrogen-bond donors (Lipinski definition) is 1. The first kappa shape index (κ1) is 16.4. The number of aryl methyl sites for hydroxylation is 1. The van der Waals surface area contributed by atoms with Gasteiger partial charge in [0.15, 0.2) is 0 Å². The number of carbonyl (C=O) groups excluding carboxylic acids is 1. The fraction of sp³-hybridized carbons (Fsp3) is 0.588. The number of benzene rings is 1. The molecule has 0 bridgehead atoms. The van der Waals surface area contributed by atoms with Crippen molar-refractivity contribution in [1.82, 2.24) is 10.2 Å². The second kappa shape index (κ2) is 9.11. The fourth-order valence-electron chi connectivity index (χ4n) is 2.93. The molecular weight excluding hydrogens is 280 g/mol. The Hall–Kier alpha value is -1.00. The van der Waals surface area contributed by atoms with Gasteiger partial charge in [0.1, 0.15) is 0 Å². The molecule has 2 rings (SSSR count). The number of thioether (sulfide) groups is 1. The third-order valence-electron chi connectivity index (χ3n) is 3.93. The standard InChI is InChI=1S/C17H26N2OS/c1-21-14-17(20)18-16-10-6-12-19(13-16)11-5-9-15-7-3-2-4-8-15/h2-4,7-8,16H,5-6,9-14H2,1H3,(H,18,20)/t16-/m1/s1. The minimum atomic E-state index is 0.179. The van der Waals surface area contributed by atoms with E-state index < -0.39 is 0 Å². The first-order valence-corrected chi connectivity index (χ1v) is 9.22. The minimum absolute atomic E-state index is 0.179. The molecule has 1 fully saturated rings. The van der Waals surface area contributed by atoms with Crippen LogP contribution in [0.25, 0.3) is 0 Å².